The molecular weight excluding hydrogens is 331 g/mol. The number of pyridine rings is 1. The van der Waals surface area contributed by atoms with Crippen LogP contribution in [0.2, 0.25) is 0 Å². The number of rotatable bonds is 3. The Labute approximate surface area is 150 Å². The minimum absolute atomic E-state index is 0.0387. The van der Waals surface area contributed by atoms with Crippen LogP contribution in [0.15, 0.2) is 54.6 Å². The molecule has 0 aliphatic carbocycles. The van der Waals surface area contributed by atoms with Crippen molar-refractivity contribution in [3.8, 4) is 0 Å². The number of halogens is 1. The van der Waals surface area contributed by atoms with E-state index in [1.54, 1.807) is 12.1 Å². The van der Waals surface area contributed by atoms with Gasteiger partial charge in [-0.25, -0.2) is 15.2 Å². The van der Waals surface area contributed by atoms with Gasteiger partial charge < -0.3 is 5.32 Å². The van der Waals surface area contributed by atoms with Crippen molar-refractivity contribution in [1.82, 2.24) is 15.8 Å². The summed E-state index contributed by atoms with van der Waals surface area (Å²) in [4.78, 5) is 17.2. The zero-order valence-electron chi connectivity index (χ0n) is 14.3. The van der Waals surface area contributed by atoms with E-state index >= 15 is 0 Å². The number of hydrazine groups is 1. The highest BCUT2D eigenvalue weighted by atomic mass is 19.1. The quantitative estimate of drug-likeness (QED) is 0.679. The zero-order valence-corrected chi connectivity index (χ0v) is 14.3. The normalized spacial score (nSPS) is 19.6. The molecule has 0 bridgehead atoms. The summed E-state index contributed by atoms with van der Waals surface area (Å²) in [5, 5.41) is 3.90. The maximum absolute atomic E-state index is 13.1. The monoisotopic (exact) mass is 350 g/mol. The molecule has 0 spiro atoms. The van der Waals surface area contributed by atoms with Crippen molar-refractivity contribution >= 4 is 22.5 Å². The van der Waals surface area contributed by atoms with Gasteiger partial charge in [-0.05, 0) is 55.3 Å². The maximum Gasteiger partial charge on any atom is 0.242 e. The van der Waals surface area contributed by atoms with Crippen LogP contribution >= 0.6 is 0 Å². The van der Waals surface area contributed by atoms with Crippen molar-refractivity contribution in [3.05, 3.63) is 71.7 Å². The zero-order chi connectivity index (χ0) is 18.1. The smallest absolute Gasteiger partial charge is 0.242 e. The van der Waals surface area contributed by atoms with Crippen molar-refractivity contribution in [2.24, 2.45) is 0 Å². The van der Waals surface area contributed by atoms with E-state index in [1.807, 2.05) is 37.3 Å². The van der Waals surface area contributed by atoms with Crippen LogP contribution in [0.5, 0.6) is 0 Å². The largest absolute Gasteiger partial charge is 0.324 e. The SMILES string of the molecule is Cc1ccc2c(NC(=O)C3CC(c4ccc(F)cc4)NN3)cccc2n1. The van der Waals surface area contributed by atoms with Gasteiger partial charge in [0.15, 0.2) is 0 Å². The van der Waals surface area contributed by atoms with Gasteiger partial charge in [-0.2, -0.15) is 0 Å². The Morgan fingerprint density at radius 2 is 1.92 bits per heavy atom. The molecule has 1 fully saturated rings. The van der Waals surface area contributed by atoms with E-state index in [0.717, 1.165) is 27.8 Å². The Kier molecular flexibility index (Phi) is 4.36. The van der Waals surface area contributed by atoms with Gasteiger partial charge in [0.05, 0.1) is 11.2 Å². The van der Waals surface area contributed by atoms with Crippen molar-refractivity contribution in [1.29, 1.82) is 0 Å². The number of fused-ring (bicyclic) bond motifs is 1. The van der Waals surface area contributed by atoms with Crippen molar-refractivity contribution in [2.75, 3.05) is 5.32 Å². The number of hydrogen-bond acceptors (Lipinski definition) is 4. The molecule has 3 aromatic rings. The molecule has 1 saturated heterocycles. The number of hydrogen-bond donors (Lipinski definition) is 3. The Morgan fingerprint density at radius 1 is 1.12 bits per heavy atom. The summed E-state index contributed by atoms with van der Waals surface area (Å²) in [6, 6.07) is 15.5. The number of aromatic nitrogens is 1. The fourth-order valence-electron chi connectivity index (χ4n) is 3.23. The molecule has 2 unspecified atom stereocenters. The summed E-state index contributed by atoms with van der Waals surface area (Å²) < 4.78 is 13.1. The Balaban J connectivity index is 1.48. The van der Waals surface area contributed by atoms with Crippen LogP contribution in [0.25, 0.3) is 10.9 Å². The second kappa shape index (κ2) is 6.82. The van der Waals surface area contributed by atoms with Crippen molar-refractivity contribution in [2.45, 2.75) is 25.4 Å². The Bertz CT molecular complexity index is 958. The first-order valence-corrected chi connectivity index (χ1v) is 8.54. The average Bonchev–Trinajstić information content (AvgIpc) is 3.12. The minimum Gasteiger partial charge on any atom is -0.324 e. The number of anilines is 1. The van der Waals surface area contributed by atoms with E-state index in [2.05, 4.69) is 21.2 Å². The lowest BCUT2D eigenvalue weighted by atomic mass is 10.0. The van der Waals surface area contributed by atoms with Crippen LogP contribution in [0, 0.1) is 12.7 Å². The number of nitrogens with one attached hydrogen (secondary N) is 3. The van der Waals surface area contributed by atoms with Gasteiger partial charge in [-0.1, -0.05) is 18.2 Å². The van der Waals surface area contributed by atoms with Crippen LogP contribution in [0.3, 0.4) is 0 Å². The van der Waals surface area contributed by atoms with Crippen LogP contribution in [-0.2, 0) is 4.79 Å². The molecule has 0 saturated carbocycles. The number of nitrogens with zero attached hydrogens (tertiary/aromatic N) is 1. The predicted molar refractivity (Wildman–Crippen MR) is 98.9 cm³/mol. The lowest BCUT2D eigenvalue weighted by molar-refractivity contribution is -0.117. The average molecular weight is 350 g/mol. The van der Waals surface area contributed by atoms with Crippen LogP contribution in [0.1, 0.15) is 23.7 Å². The number of amides is 1. The Hall–Kier alpha value is -2.83. The van der Waals surface area contributed by atoms with Crippen molar-refractivity contribution in [3.63, 3.8) is 0 Å². The maximum atomic E-state index is 13.1. The van der Waals surface area contributed by atoms with Crippen LogP contribution in [0.4, 0.5) is 10.1 Å². The van der Waals surface area contributed by atoms with Gasteiger partial charge in [0.2, 0.25) is 5.91 Å². The molecule has 26 heavy (non-hydrogen) atoms. The molecule has 132 valence electrons. The van der Waals surface area contributed by atoms with E-state index < -0.39 is 0 Å². The first kappa shape index (κ1) is 16.6. The molecule has 1 aromatic heterocycles. The molecule has 3 N–H and O–H groups in total. The van der Waals surface area contributed by atoms with E-state index in [0.29, 0.717) is 6.42 Å². The Morgan fingerprint density at radius 3 is 2.73 bits per heavy atom. The third-order valence-corrected chi connectivity index (χ3v) is 4.62. The van der Waals surface area contributed by atoms with E-state index in [-0.39, 0.29) is 23.8 Å². The highest BCUT2D eigenvalue weighted by molar-refractivity contribution is 6.03. The minimum atomic E-state index is -0.376. The lowest BCUT2D eigenvalue weighted by Crippen LogP contribution is -2.39. The van der Waals surface area contributed by atoms with Gasteiger partial charge in [0.25, 0.3) is 0 Å². The number of aryl methyl sites for hydroxylation is 1. The molecule has 1 aliphatic heterocycles. The first-order valence-electron chi connectivity index (χ1n) is 8.54. The molecule has 0 radical (unpaired) electrons. The summed E-state index contributed by atoms with van der Waals surface area (Å²) in [5.41, 5.74) is 9.61. The van der Waals surface area contributed by atoms with Crippen LogP contribution < -0.4 is 16.2 Å². The highest BCUT2D eigenvalue weighted by Crippen LogP contribution is 2.25. The number of carbonyl (C=O) groups is 1. The fourth-order valence-corrected chi connectivity index (χ4v) is 3.23. The molecular formula is C20H19FN4O. The molecule has 2 heterocycles. The molecule has 4 rings (SSSR count). The second-order valence-corrected chi connectivity index (χ2v) is 6.50. The third kappa shape index (κ3) is 3.29. The standard InChI is InChI=1S/C20H19FN4O/c1-12-5-10-15-16(22-12)3-2-4-17(15)23-20(26)19-11-18(24-25-19)13-6-8-14(21)9-7-13/h2-10,18-19,24-25H,11H2,1H3,(H,23,26). The molecule has 1 aliphatic rings. The van der Waals surface area contributed by atoms with E-state index in [9.17, 15) is 9.18 Å². The van der Waals surface area contributed by atoms with Crippen molar-refractivity contribution < 1.29 is 9.18 Å². The summed E-state index contributed by atoms with van der Waals surface area (Å²) >= 11 is 0. The van der Waals surface area contributed by atoms with Crippen LogP contribution in [-0.4, -0.2) is 16.9 Å². The van der Waals surface area contributed by atoms with E-state index in [1.165, 1.54) is 12.1 Å². The number of carbonyl (C=O) groups excluding carboxylic acids is 1. The molecule has 5 nitrogen and oxygen atoms in total. The van der Waals surface area contributed by atoms with Gasteiger partial charge in [-0.15, -0.1) is 0 Å². The molecule has 2 atom stereocenters. The highest BCUT2D eigenvalue weighted by Gasteiger charge is 2.30. The number of benzene rings is 2. The summed E-state index contributed by atoms with van der Waals surface area (Å²) in [7, 11) is 0. The summed E-state index contributed by atoms with van der Waals surface area (Å²) in [5.74, 6) is -0.385. The molecule has 2 aromatic carbocycles. The summed E-state index contributed by atoms with van der Waals surface area (Å²) in [6.45, 7) is 1.94. The topological polar surface area (TPSA) is 66.1 Å². The summed E-state index contributed by atoms with van der Waals surface area (Å²) in [6.07, 6.45) is 0.583. The fraction of sp³-hybridized carbons (Fsp3) is 0.200. The van der Waals surface area contributed by atoms with Gasteiger partial charge in [0, 0.05) is 17.1 Å². The second-order valence-electron chi connectivity index (χ2n) is 6.50. The molecule has 1 amide bonds. The molecule has 6 heteroatoms. The first-order chi connectivity index (χ1) is 12.6. The third-order valence-electron chi connectivity index (χ3n) is 4.62. The van der Waals surface area contributed by atoms with Gasteiger partial charge >= 0.3 is 0 Å². The predicted octanol–water partition coefficient (Wildman–Crippen LogP) is 3.23. The van der Waals surface area contributed by atoms with E-state index in [4.69, 9.17) is 0 Å². The van der Waals surface area contributed by atoms with Gasteiger partial charge in [0.1, 0.15) is 11.9 Å². The van der Waals surface area contributed by atoms with Gasteiger partial charge in [-0.3, -0.25) is 9.78 Å². The lowest BCUT2D eigenvalue weighted by Gasteiger charge is -2.12.